The summed E-state index contributed by atoms with van der Waals surface area (Å²) in [5.41, 5.74) is 0.141. The van der Waals surface area contributed by atoms with Gasteiger partial charge in [-0.15, -0.1) is 0 Å². The van der Waals surface area contributed by atoms with Crippen LogP contribution in [0.15, 0.2) is 17.1 Å². The van der Waals surface area contributed by atoms with Gasteiger partial charge < -0.3 is 10.2 Å². The van der Waals surface area contributed by atoms with Crippen LogP contribution in [0, 0.1) is 5.41 Å². The van der Waals surface area contributed by atoms with E-state index in [0.29, 0.717) is 10.6 Å². The standard InChI is InChI=1S/C13H17Cl2NO2/c1-8(13(2,3)7-17)16-6-9-4-10(14)5-11(15)12(9)18/h4-6,8,17-18H,7H2,1-3H3/t8-/m1/s1. The number of hydrogen-bond donors (Lipinski definition) is 2. The average molecular weight is 290 g/mol. The molecule has 0 unspecified atom stereocenters. The molecule has 1 aromatic rings. The van der Waals surface area contributed by atoms with Crippen molar-refractivity contribution < 1.29 is 10.2 Å². The van der Waals surface area contributed by atoms with Gasteiger partial charge in [-0.1, -0.05) is 37.0 Å². The van der Waals surface area contributed by atoms with Crippen molar-refractivity contribution in [2.45, 2.75) is 26.8 Å². The second-order valence-electron chi connectivity index (χ2n) is 4.93. The first-order valence-electron chi connectivity index (χ1n) is 5.60. The summed E-state index contributed by atoms with van der Waals surface area (Å²) in [5.74, 6) is -0.0428. The predicted molar refractivity (Wildman–Crippen MR) is 76.0 cm³/mol. The normalized spacial score (nSPS) is 14.1. The molecule has 18 heavy (non-hydrogen) atoms. The number of rotatable bonds is 4. The number of halogens is 2. The summed E-state index contributed by atoms with van der Waals surface area (Å²) in [6.07, 6.45) is 1.52. The van der Waals surface area contributed by atoms with Gasteiger partial charge in [-0.25, -0.2) is 0 Å². The zero-order valence-electron chi connectivity index (χ0n) is 10.6. The van der Waals surface area contributed by atoms with E-state index in [4.69, 9.17) is 23.2 Å². The fourth-order valence-electron chi connectivity index (χ4n) is 1.21. The second-order valence-corrected chi connectivity index (χ2v) is 5.77. The van der Waals surface area contributed by atoms with Crippen molar-refractivity contribution in [3.05, 3.63) is 27.7 Å². The Balaban J connectivity index is 2.98. The minimum atomic E-state index is -0.325. The van der Waals surface area contributed by atoms with Gasteiger partial charge in [-0.2, -0.15) is 0 Å². The molecule has 3 nitrogen and oxygen atoms in total. The number of aliphatic imine (C=N–C) groups is 1. The van der Waals surface area contributed by atoms with Crippen LogP contribution < -0.4 is 0 Å². The van der Waals surface area contributed by atoms with E-state index >= 15 is 0 Å². The van der Waals surface area contributed by atoms with E-state index in [-0.39, 0.29) is 28.8 Å². The Hall–Kier alpha value is -0.770. The van der Waals surface area contributed by atoms with E-state index in [9.17, 15) is 10.2 Å². The molecule has 0 spiro atoms. The Morgan fingerprint density at radius 2 is 2.00 bits per heavy atom. The Kier molecular flexibility index (Phi) is 5.02. The first-order chi connectivity index (χ1) is 8.27. The highest BCUT2D eigenvalue weighted by Gasteiger charge is 2.24. The number of phenols is 1. The molecule has 0 bridgehead atoms. The lowest BCUT2D eigenvalue weighted by Gasteiger charge is -2.26. The van der Waals surface area contributed by atoms with E-state index in [1.807, 2.05) is 20.8 Å². The third-order valence-corrected chi connectivity index (χ3v) is 3.54. The van der Waals surface area contributed by atoms with Gasteiger partial charge in [-0.3, -0.25) is 4.99 Å². The molecule has 0 radical (unpaired) electrons. The highest BCUT2D eigenvalue weighted by atomic mass is 35.5. The van der Waals surface area contributed by atoms with E-state index in [1.165, 1.54) is 12.3 Å². The lowest BCUT2D eigenvalue weighted by atomic mass is 9.87. The molecule has 1 rings (SSSR count). The summed E-state index contributed by atoms with van der Waals surface area (Å²) in [7, 11) is 0. The summed E-state index contributed by atoms with van der Waals surface area (Å²) in [4.78, 5) is 4.32. The van der Waals surface area contributed by atoms with Gasteiger partial charge in [0.15, 0.2) is 0 Å². The zero-order chi connectivity index (χ0) is 13.9. The summed E-state index contributed by atoms with van der Waals surface area (Å²) < 4.78 is 0. The van der Waals surface area contributed by atoms with Crippen LogP contribution in [0.25, 0.3) is 0 Å². The quantitative estimate of drug-likeness (QED) is 0.833. The molecule has 2 N–H and O–H groups in total. The Bertz CT molecular complexity index is 459. The van der Waals surface area contributed by atoms with Gasteiger partial charge in [-0.05, 0) is 19.1 Å². The number of aliphatic hydroxyl groups is 1. The fourth-order valence-corrected chi connectivity index (χ4v) is 1.72. The van der Waals surface area contributed by atoms with Gasteiger partial charge in [0.05, 0.1) is 17.7 Å². The van der Waals surface area contributed by atoms with Crippen LogP contribution in [0.5, 0.6) is 5.75 Å². The molecule has 100 valence electrons. The topological polar surface area (TPSA) is 52.8 Å². The van der Waals surface area contributed by atoms with Crippen LogP contribution in [0.1, 0.15) is 26.3 Å². The molecule has 0 aromatic heterocycles. The van der Waals surface area contributed by atoms with Crippen LogP contribution in [-0.4, -0.2) is 29.1 Å². The lowest BCUT2D eigenvalue weighted by Crippen LogP contribution is -2.29. The van der Waals surface area contributed by atoms with E-state index in [0.717, 1.165) is 0 Å². The van der Waals surface area contributed by atoms with Gasteiger partial charge in [0.25, 0.3) is 0 Å². The highest BCUT2D eigenvalue weighted by Crippen LogP contribution is 2.30. The van der Waals surface area contributed by atoms with Crippen LogP contribution >= 0.6 is 23.2 Å². The van der Waals surface area contributed by atoms with Crippen LogP contribution in [0.2, 0.25) is 10.0 Å². The molecule has 1 atom stereocenters. The first kappa shape index (κ1) is 15.3. The summed E-state index contributed by atoms with van der Waals surface area (Å²) in [6.45, 7) is 5.77. The monoisotopic (exact) mass is 289 g/mol. The first-order valence-corrected chi connectivity index (χ1v) is 6.35. The van der Waals surface area contributed by atoms with Gasteiger partial charge in [0.2, 0.25) is 0 Å². The molecular weight excluding hydrogens is 273 g/mol. The number of phenolic OH excluding ortho intramolecular Hbond substituents is 1. The number of benzene rings is 1. The van der Waals surface area contributed by atoms with Gasteiger partial charge in [0.1, 0.15) is 5.75 Å². The summed E-state index contributed by atoms with van der Waals surface area (Å²) in [6, 6.07) is 2.96. The number of aliphatic hydroxyl groups excluding tert-OH is 1. The summed E-state index contributed by atoms with van der Waals surface area (Å²) >= 11 is 11.7. The molecule has 0 aliphatic carbocycles. The lowest BCUT2D eigenvalue weighted by molar-refractivity contribution is 0.139. The van der Waals surface area contributed by atoms with Crippen molar-refractivity contribution in [2.24, 2.45) is 10.4 Å². The maximum Gasteiger partial charge on any atom is 0.143 e. The molecule has 0 aliphatic heterocycles. The van der Waals surface area contributed by atoms with Crippen molar-refractivity contribution in [3.8, 4) is 5.75 Å². The van der Waals surface area contributed by atoms with Gasteiger partial charge >= 0.3 is 0 Å². The molecule has 0 fully saturated rings. The maximum atomic E-state index is 9.76. The predicted octanol–water partition coefficient (Wildman–Crippen LogP) is 3.52. The Morgan fingerprint density at radius 3 is 2.56 bits per heavy atom. The van der Waals surface area contributed by atoms with E-state index < -0.39 is 0 Å². The van der Waals surface area contributed by atoms with Crippen molar-refractivity contribution in [2.75, 3.05) is 6.61 Å². The number of nitrogens with zero attached hydrogens (tertiary/aromatic N) is 1. The largest absolute Gasteiger partial charge is 0.506 e. The van der Waals surface area contributed by atoms with Crippen molar-refractivity contribution in [1.29, 1.82) is 0 Å². The number of hydrogen-bond acceptors (Lipinski definition) is 3. The molecule has 0 aliphatic rings. The van der Waals surface area contributed by atoms with Crippen molar-refractivity contribution in [1.82, 2.24) is 0 Å². The number of aromatic hydroxyl groups is 1. The zero-order valence-corrected chi connectivity index (χ0v) is 12.1. The Labute approximate surface area is 117 Å². The van der Waals surface area contributed by atoms with E-state index in [1.54, 1.807) is 6.07 Å². The third-order valence-electron chi connectivity index (χ3n) is 3.03. The molecule has 0 amide bonds. The average Bonchev–Trinajstić information content (AvgIpc) is 2.31. The van der Waals surface area contributed by atoms with Crippen molar-refractivity contribution >= 4 is 29.4 Å². The molecule has 0 saturated carbocycles. The minimum absolute atomic E-state index is 0.0355. The maximum absolute atomic E-state index is 9.76. The third kappa shape index (κ3) is 3.61. The highest BCUT2D eigenvalue weighted by molar-refractivity contribution is 6.36. The fraction of sp³-hybridized carbons (Fsp3) is 0.462. The smallest absolute Gasteiger partial charge is 0.143 e. The molecule has 0 heterocycles. The van der Waals surface area contributed by atoms with Gasteiger partial charge in [0, 0.05) is 22.2 Å². The summed E-state index contributed by atoms with van der Waals surface area (Å²) in [5, 5.41) is 19.6. The Morgan fingerprint density at radius 1 is 1.39 bits per heavy atom. The van der Waals surface area contributed by atoms with Crippen molar-refractivity contribution in [3.63, 3.8) is 0 Å². The SMILES string of the molecule is C[C@@H](N=Cc1cc(Cl)cc(Cl)c1O)C(C)(C)CO. The molecule has 1 aromatic carbocycles. The van der Waals surface area contributed by atoms with E-state index in [2.05, 4.69) is 4.99 Å². The van der Waals surface area contributed by atoms with Crippen LogP contribution in [0.4, 0.5) is 0 Å². The molecule has 0 saturated heterocycles. The molecule has 5 heteroatoms. The van der Waals surface area contributed by atoms with Crippen LogP contribution in [-0.2, 0) is 0 Å². The molecular formula is C13H17Cl2NO2. The van der Waals surface area contributed by atoms with Crippen LogP contribution in [0.3, 0.4) is 0 Å². The second kappa shape index (κ2) is 5.91. The minimum Gasteiger partial charge on any atom is -0.506 e.